The van der Waals surface area contributed by atoms with Crippen molar-refractivity contribution in [2.75, 3.05) is 10.8 Å². The Bertz CT molecular complexity index is 1700. The van der Waals surface area contributed by atoms with Crippen LogP contribution in [0.3, 0.4) is 0 Å². The number of nitrogens with zero attached hydrogens (tertiary/aromatic N) is 2. The van der Waals surface area contributed by atoms with Crippen molar-refractivity contribution in [3.05, 3.63) is 130 Å². The Kier molecular flexibility index (Phi) is 11.6. The number of sulfonamides is 1. The van der Waals surface area contributed by atoms with Crippen LogP contribution < -0.4 is 9.62 Å². The molecule has 0 spiro atoms. The van der Waals surface area contributed by atoms with Crippen molar-refractivity contribution < 1.29 is 18.0 Å². The molecule has 2 amide bonds. The molecule has 4 rings (SSSR count). The molecule has 0 heterocycles. The van der Waals surface area contributed by atoms with Gasteiger partial charge in [0.2, 0.25) is 11.8 Å². The number of hydrogen-bond acceptors (Lipinski definition) is 4. The number of rotatable bonds is 13. The van der Waals surface area contributed by atoms with Crippen LogP contribution in [0.1, 0.15) is 42.5 Å². The van der Waals surface area contributed by atoms with E-state index in [-0.39, 0.29) is 29.8 Å². The molecule has 0 aromatic heterocycles. The van der Waals surface area contributed by atoms with E-state index in [4.69, 9.17) is 0 Å². The zero-order valence-electron chi connectivity index (χ0n) is 26.1. The number of benzene rings is 4. The lowest BCUT2D eigenvalue weighted by Gasteiger charge is -2.34. The zero-order valence-corrected chi connectivity index (χ0v) is 28.5. The Labute approximate surface area is 275 Å². The van der Waals surface area contributed by atoms with E-state index in [1.165, 1.54) is 21.3 Å². The van der Waals surface area contributed by atoms with Crippen molar-refractivity contribution >= 4 is 43.5 Å². The fourth-order valence-electron chi connectivity index (χ4n) is 5.02. The Morgan fingerprint density at radius 1 is 0.822 bits per heavy atom. The van der Waals surface area contributed by atoms with Gasteiger partial charge in [-0.2, -0.15) is 0 Å². The Balaban J connectivity index is 1.83. The molecule has 45 heavy (non-hydrogen) atoms. The molecule has 236 valence electrons. The number of carbonyl (C=O) groups is 2. The van der Waals surface area contributed by atoms with Crippen molar-refractivity contribution in [3.63, 3.8) is 0 Å². The number of carbonyl (C=O) groups excluding carboxylic acids is 2. The van der Waals surface area contributed by atoms with E-state index in [9.17, 15) is 18.0 Å². The van der Waals surface area contributed by atoms with Gasteiger partial charge in [-0.1, -0.05) is 95.7 Å². The number of anilines is 1. The van der Waals surface area contributed by atoms with Gasteiger partial charge in [-0.25, -0.2) is 8.42 Å². The summed E-state index contributed by atoms with van der Waals surface area (Å²) in [4.78, 5) is 30.1. The highest BCUT2D eigenvalue weighted by Gasteiger charge is 2.35. The predicted molar refractivity (Wildman–Crippen MR) is 183 cm³/mol. The molecule has 0 aliphatic carbocycles. The molecule has 0 saturated carbocycles. The van der Waals surface area contributed by atoms with Crippen LogP contribution in [0.15, 0.2) is 112 Å². The van der Waals surface area contributed by atoms with Crippen LogP contribution in [0.5, 0.6) is 0 Å². The van der Waals surface area contributed by atoms with E-state index in [0.29, 0.717) is 5.69 Å². The second-order valence-corrected chi connectivity index (χ2v) is 14.0. The van der Waals surface area contributed by atoms with Gasteiger partial charge in [0.25, 0.3) is 10.0 Å². The molecule has 7 nitrogen and oxygen atoms in total. The maximum Gasteiger partial charge on any atom is 0.264 e. The van der Waals surface area contributed by atoms with E-state index in [0.717, 1.165) is 33.1 Å². The van der Waals surface area contributed by atoms with E-state index in [1.54, 1.807) is 30.3 Å². The molecule has 0 saturated heterocycles. The summed E-state index contributed by atoms with van der Waals surface area (Å²) in [5.41, 5.74) is 3.76. The van der Waals surface area contributed by atoms with E-state index in [1.807, 2.05) is 88.4 Å². The summed E-state index contributed by atoms with van der Waals surface area (Å²) in [5, 5.41) is 3.07. The molecule has 0 aliphatic rings. The quantitative estimate of drug-likeness (QED) is 0.167. The highest BCUT2D eigenvalue weighted by atomic mass is 79.9. The van der Waals surface area contributed by atoms with Crippen LogP contribution in [0.4, 0.5) is 5.69 Å². The first-order chi connectivity index (χ1) is 21.5. The van der Waals surface area contributed by atoms with Crippen molar-refractivity contribution in [1.82, 2.24) is 10.2 Å². The standard InChI is InChI=1S/C36H40BrN3O4S/c1-5-27(3)38-36(42)34(23-29-14-8-6-9-15-29)39(24-30-19-21-31(37)22-20-30)35(41)25-40(33-18-12-13-26(2)28(33)4)45(43,44)32-16-10-7-11-17-32/h6-22,27,34H,5,23-25H2,1-4H3,(H,38,42)/t27-,34-/m0/s1. The minimum atomic E-state index is -4.15. The summed E-state index contributed by atoms with van der Waals surface area (Å²) in [5.74, 6) is -0.776. The first-order valence-electron chi connectivity index (χ1n) is 15.0. The smallest absolute Gasteiger partial charge is 0.264 e. The van der Waals surface area contributed by atoms with Gasteiger partial charge in [-0.15, -0.1) is 0 Å². The second-order valence-electron chi connectivity index (χ2n) is 11.2. The van der Waals surface area contributed by atoms with Gasteiger partial charge in [-0.3, -0.25) is 13.9 Å². The van der Waals surface area contributed by atoms with E-state index >= 15 is 0 Å². The lowest BCUT2D eigenvalue weighted by atomic mass is 10.0. The summed E-state index contributed by atoms with van der Waals surface area (Å²) in [7, 11) is -4.15. The van der Waals surface area contributed by atoms with Gasteiger partial charge in [0.15, 0.2) is 0 Å². The summed E-state index contributed by atoms with van der Waals surface area (Å²) >= 11 is 3.47. The van der Waals surface area contributed by atoms with Gasteiger partial charge < -0.3 is 10.2 Å². The first-order valence-corrected chi connectivity index (χ1v) is 17.3. The van der Waals surface area contributed by atoms with Gasteiger partial charge >= 0.3 is 0 Å². The summed E-state index contributed by atoms with van der Waals surface area (Å²) in [6, 6.07) is 29.6. The minimum Gasteiger partial charge on any atom is -0.352 e. The second kappa shape index (κ2) is 15.4. The predicted octanol–water partition coefficient (Wildman–Crippen LogP) is 6.82. The Hall–Kier alpha value is -3.95. The molecule has 1 N–H and O–H groups in total. The SMILES string of the molecule is CC[C@H](C)NC(=O)[C@H](Cc1ccccc1)N(Cc1ccc(Br)cc1)C(=O)CN(c1cccc(C)c1C)S(=O)(=O)c1ccccc1. The molecule has 0 bridgehead atoms. The van der Waals surface area contributed by atoms with E-state index < -0.39 is 28.5 Å². The normalized spacial score (nSPS) is 12.6. The molecule has 0 unspecified atom stereocenters. The van der Waals surface area contributed by atoms with Crippen LogP contribution in [-0.4, -0.2) is 43.8 Å². The number of halogens is 1. The molecule has 0 radical (unpaired) electrons. The van der Waals surface area contributed by atoms with Gasteiger partial charge in [0, 0.05) is 23.5 Å². The van der Waals surface area contributed by atoms with E-state index in [2.05, 4.69) is 21.2 Å². The third-order valence-electron chi connectivity index (χ3n) is 7.99. The Morgan fingerprint density at radius 3 is 2.07 bits per heavy atom. The topological polar surface area (TPSA) is 86.8 Å². The molecule has 0 fully saturated rings. The molecular weight excluding hydrogens is 650 g/mol. The summed E-state index contributed by atoms with van der Waals surface area (Å²) in [6.07, 6.45) is 0.987. The summed E-state index contributed by atoms with van der Waals surface area (Å²) in [6.45, 7) is 7.29. The molecular formula is C36H40BrN3O4S. The number of nitrogens with one attached hydrogen (secondary N) is 1. The lowest BCUT2D eigenvalue weighted by Crippen LogP contribution is -2.54. The zero-order chi connectivity index (χ0) is 32.6. The fraction of sp³-hybridized carbons (Fsp3) is 0.278. The van der Waals surface area contributed by atoms with Crippen molar-refractivity contribution in [2.45, 2.75) is 64.1 Å². The highest BCUT2D eigenvalue weighted by molar-refractivity contribution is 9.10. The van der Waals surface area contributed by atoms with Crippen LogP contribution in [0.25, 0.3) is 0 Å². The van der Waals surface area contributed by atoms with Crippen molar-refractivity contribution in [1.29, 1.82) is 0 Å². The maximum atomic E-state index is 14.6. The Morgan fingerprint density at radius 2 is 1.44 bits per heavy atom. The largest absolute Gasteiger partial charge is 0.352 e. The van der Waals surface area contributed by atoms with Gasteiger partial charge in [-0.05, 0) is 79.8 Å². The van der Waals surface area contributed by atoms with Crippen LogP contribution in [0, 0.1) is 13.8 Å². The molecule has 9 heteroatoms. The van der Waals surface area contributed by atoms with Gasteiger partial charge in [0.05, 0.1) is 10.6 Å². The summed E-state index contributed by atoms with van der Waals surface area (Å²) < 4.78 is 30.5. The maximum absolute atomic E-state index is 14.6. The third-order valence-corrected chi connectivity index (χ3v) is 10.3. The number of amides is 2. The van der Waals surface area contributed by atoms with Gasteiger partial charge in [0.1, 0.15) is 12.6 Å². The average Bonchev–Trinajstić information content (AvgIpc) is 3.04. The highest BCUT2D eigenvalue weighted by Crippen LogP contribution is 2.29. The monoisotopic (exact) mass is 689 g/mol. The van der Waals surface area contributed by atoms with Crippen LogP contribution >= 0.6 is 15.9 Å². The molecule has 2 atom stereocenters. The average molecular weight is 691 g/mol. The minimum absolute atomic E-state index is 0.0773. The lowest BCUT2D eigenvalue weighted by molar-refractivity contribution is -0.140. The number of aryl methyl sites for hydroxylation is 1. The van der Waals surface area contributed by atoms with Crippen LogP contribution in [0.2, 0.25) is 0 Å². The fourth-order valence-corrected chi connectivity index (χ4v) is 6.78. The van der Waals surface area contributed by atoms with Crippen molar-refractivity contribution in [3.8, 4) is 0 Å². The molecule has 4 aromatic carbocycles. The number of hydrogen-bond donors (Lipinski definition) is 1. The van der Waals surface area contributed by atoms with Crippen molar-refractivity contribution in [2.24, 2.45) is 0 Å². The van der Waals surface area contributed by atoms with Crippen LogP contribution in [-0.2, 0) is 32.6 Å². The first kappa shape index (κ1) is 33.9. The third kappa shape index (κ3) is 8.61. The molecule has 0 aliphatic heterocycles. The molecule has 4 aromatic rings.